The van der Waals surface area contributed by atoms with Crippen molar-refractivity contribution in [2.45, 2.75) is 4.90 Å². The predicted octanol–water partition coefficient (Wildman–Crippen LogP) is 5.59. The van der Waals surface area contributed by atoms with Gasteiger partial charge in [-0.05, 0) is 72.4 Å². The Kier molecular flexibility index (Phi) is 5.89. The van der Waals surface area contributed by atoms with Gasteiger partial charge in [0.25, 0.3) is 5.91 Å². The molecule has 1 fully saturated rings. The molecule has 0 unspecified atom stereocenters. The first kappa shape index (κ1) is 22.2. The first-order valence-corrected chi connectivity index (χ1v) is 12.0. The van der Waals surface area contributed by atoms with Gasteiger partial charge in [-0.25, -0.2) is 4.99 Å². The van der Waals surface area contributed by atoms with Gasteiger partial charge in [0.1, 0.15) is 22.2 Å². The van der Waals surface area contributed by atoms with Crippen LogP contribution >= 0.6 is 23.5 Å². The molecule has 2 aliphatic heterocycles. The van der Waals surface area contributed by atoms with E-state index in [0.29, 0.717) is 21.4 Å². The summed E-state index contributed by atoms with van der Waals surface area (Å²) in [5, 5.41) is 11.1. The fourth-order valence-corrected chi connectivity index (χ4v) is 5.95. The number of benzene rings is 3. The van der Waals surface area contributed by atoms with Gasteiger partial charge in [-0.15, -0.1) is 0 Å². The number of anilines is 2. The van der Waals surface area contributed by atoms with Gasteiger partial charge < -0.3 is 19.5 Å². The summed E-state index contributed by atoms with van der Waals surface area (Å²) in [6, 6.07) is 19.7. The summed E-state index contributed by atoms with van der Waals surface area (Å²) in [4.78, 5) is 23.7. The van der Waals surface area contributed by atoms with Crippen LogP contribution in [0.4, 0.5) is 17.1 Å². The lowest BCUT2D eigenvalue weighted by Crippen LogP contribution is -2.29. The Labute approximate surface area is 205 Å². The number of carbonyl (C=O) groups excluding carboxylic acids is 1. The molecule has 0 spiro atoms. The number of carbonyl (C=O) groups is 1. The second-order valence-corrected chi connectivity index (χ2v) is 9.49. The molecule has 1 N–H and O–H groups in total. The minimum Gasteiger partial charge on any atom is -0.508 e. The van der Waals surface area contributed by atoms with Gasteiger partial charge in [-0.1, -0.05) is 11.8 Å². The van der Waals surface area contributed by atoms with Crippen LogP contribution in [0.15, 0.2) is 86.6 Å². The van der Waals surface area contributed by atoms with Crippen LogP contribution in [-0.2, 0) is 4.79 Å². The number of fused-ring (bicyclic) bond motifs is 1. The molecule has 0 bridgehead atoms. The Morgan fingerprint density at radius 2 is 1.56 bits per heavy atom. The van der Waals surface area contributed by atoms with E-state index >= 15 is 0 Å². The van der Waals surface area contributed by atoms with Crippen LogP contribution in [0.2, 0.25) is 0 Å². The van der Waals surface area contributed by atoms with E-state index < -0.39 is 0 Å². The zero-order chi connectivity index (χ0) is 23.8. The molecule has 2 heterocycles. The SMILES string of the molecule is COc1ccc(N=C2S/C(=C3\Sc4ccc(OC)cc4N3C)C(=O)N2c2ccc(O)cc2)cc1. The number of thioether (sulfide) groups is 2. The molecular formula is C25H21N3O4S2. The second-order valence-electron chi connectivity index (χ2n) is 7.48. The average molecular weight is 492 g/mol. The molecule has 7 nitrogen and oxygen atoms in total. The molecule has 0 aromatic heterocycles. The zero-order valence-corrected chi connectivity index (χ0v) is 20.3. The second kappa shape index (κ2) is 9.00. The van der Waals surface area contributed by atoms with Crippen LogP contribution in [0.25, 0.3) is 0 Å². The van der Waals surface area contributed by atoms with E-state index in [0.717, 1.165) is 27.1 Å². The van der Waals surface area contributed by atoms with Gasteiger partial charge in [0.05, 0.1) is 36.3 Å². The molecule has 0 radical (unpaired) electrons. The molecule has 2 aliphatic rings. The van der Waals surface area contributed by atoms with Gasteiger partial charge in [-0.2, -0.15) is 0 Å². The molecule has 34 heavy (non-hydrogen) atoms. The monoisotopic (exact) mass is 491 g/mol. The van der Waals surface area contributed by atoms with Crippen LogP contribution in [0.3, 0.4) is 0 Å². The number of methoxy groups -OCH3 is 2. The maximum absolute atomic E-state index is 13.7. The standard InChI is InChI=1S/C25H21N3O4S2/c1-27-20-14-19(32-3)12-13-21(20)33-24(27)22-23(30)28(16-6-8-17(29)9-7-16)25(34-22)26-15-4-10-18(31-2)11-5-15/h4-14,29H,1-3H3/b24-22-,26-25?. The normalized spacial score (nSPS) is 18.6. The van der Waals surface area contributed by atoms with Crippen LogP contribution in [0.5, 0.6) is 17.2 Å². The highest BCUT2D eigenvalue weighted by atomic mass is 32.2. The predicted molar refractivity (Wildman–Crippen MR) is 138 cm³/mol. The van der Waals surface area contributed by atoms with Crippen LogP contribution in [-0.4, -0.2) is 37.4 Å². The van der Waals surface area contributed by atoms with Gasteiger partial charge in [-0.3, -0.25) is 9.69 Å². The molecule has 0 saturated carbocycles. The van der Waals surface area contributed by atoms with Crippen molar-refractivity contribution in [3.63, 3.8) is 0 Å². The van der Waals surface area contributed by atoms with Gasteiger partial charge >= 0.3 is 0 Å². The summed E-state index contributed by atoms with van der Waals surface area (Å²) in [5.74, 6) is 1.45. The third-order valence-corrected chi connectivity index (χ3v) is 7.81. The van der Waals surface area contributed by atoms with E-state index in [-0.39, 0.29) is 11.7 Å². The zero-order valence-electron chi connectivity index (χ0n) is 18.7. The highest BCUT2D eigenvalue weighted by Gasteiger charge is 2.40. The van der Waals surface area contributed by atoms with Crippen LogP contribution in [0, 0.1) is 0 Å². The first-order valence-electron chi connectivity index (χ1n) is 10.4. The number of hydrogen-bond donors (Lipinski definition) is 1. The summed E-state index contributed by atoms with van der Waals surface area (Å²) < 4.78 is 10.6. The number of hydrogen-bond acceptors (Lipinski definition) is 8. The number of amidine groups is 1. The fourth-order valence-electron chi connectivity index (χ4n) is 3.63. The van der Waals surface area contributed by atoms with E-state index in [1.165, 1.54) is 11.8 Å². The third kappa shape index (κ3) is 3.97. The van der Waals surface area contributed by atoms with Crippen molar-refractivity contribution in [1.29, 1.82) is 0 Å². The Morgan fingerprint density at radius 3 is 2.24 bits per heavy atom. The lowest BCUT2D eigenvalue weighted by Gasteiger charge is -2.17. The molecule has 1 amide bonds. The summed E-state index contributed by atoms with van der Waals surface area (Å²) in [6.45, 7) is 0. The van der Waals surface area contributed by atoms with E-state index in [1.54, 1.807) is 55.1 Å². The van der Waals surface area contributed by atoms with Crippen molar-refractivity contribution >= 4 is 51.7 Å². The maximum atomic E-state index is 13.7. The van der Waals surface area contributed by atoms with Gasteiger partial charge in [0.2, 0.25) is 0 Å². The first-order chi connectivity index (χ1) is 16.5. The minimum absolute atomic E-state index is 0.130. The Morgan fingerprint density at radius 1 is 0.882 bits per heavy atom. The lowest BCUT2D eigenvalue weighted by atomic mass is 10.2. The number of nitrogens with zero attached hydrogens (tertiary/aromatic N) is 3. The highest BCUT2D eigenvalue weighted by Crippen LogP contribution is 2.51. The molecule has 5 rings (SSSR count). The molecule has 0 atom stereocenters. The number of phenolic OH excluding ortho intramolecular Hbond substituents is 1. The average Bonchev–Trinajstić information content (AvgIpc) is 3.35. The molecule has 3 aromatic carbocycles. The quantitative estimate of drug-likeness (QED) is 0.477. The van der Waals surface area contributed by atoms with Gasteiger partial charge in [0.15, 0.2) is 5.17 Å². The van der Waals surface area contributed by atoms with E-state index in [4.69, 9.17) is 14.5 Å². The fraction of sp³-hybridized carbons (Fsp3) is 0.120. The number of ether oxygens (including phenoxy) is 2. The molecule has 0 aliphatic carbocycles. The molecule has 3 aromatic rings. The lowest BCUT2D eigenvalue weighted by molar-refractivity contribution is -0.113. The number of aliphatic imine (C=N–C) groups is 1. The van der Waals surface area contributed by atoms with E-state index in [1.807, 2.05) is 54.4 Å². The minimum atomic E-state index is -0.169. The third-order valence-electron chi connectivity index (χ3n) is 5.42. The molecular weight excluding hydrogens is 470 g/mol. The largest absolute Gasteiger partial charge is 0.508 e. The summed E-state index contributed by atoms with van der Waals surface area (Å²) in [6.07, 6.45) is 0. The number of amides is 1. The van der Waals surface area contributed by atoms with Crippen molar-refractivity contribution in [3.8, 4) is 17.2 Å². The molecule has 9 heteroatoms. The van der Waals surface area contributed by atoms with Crippen molar-refractivity contribution < 1.29 is 19.4 Å². The van der Waals surface area contributed by atoms with Crippen molar-refractivity contribution in [1.82, 2.24) is 0 Å². The number of phenols is 1. The molecule has 172 valence electrons. The highest BCUT2D eigenvalue weighted by molar-refractivity contribution is 8.20. The van der Waals surface area contributed by atoms with Crippen molar-refractivity contribution in [3.05, 3.63) is 76.7 Å². The Balaban J connectivity index is 1.58. The van der Waals surface area contributed by atoms with E-state index in [2.05, 4.69) is 0 Å². The smallest absolute Gasteiger partial charge is 0.274 e. The number of aromatic hydroxyl groups is 1. The van der Waals surface area contributed by atoms with Crippen molar-refractivity contribution in [2.75, 3.05) is 31.1 Å². The summed E-state index contributed by atoms with van der Waals surface area (Å²) in [7, 11) is 5.19. The van der Waals surface area contributed by atoms with E-state index in [9.17, 15) is 9.90 Å². The van der Waals surface area contributed by atoms with Gasteiger partial charge in [0, 0.05) is 18.0 Å². The Bertz CT molecular complexity index is 1320. The topological polar surface area (TPSA) is 74.6 Å². The summed E-state index contributed by atoms with van der Waals surface area (Å²) >= 11 is 2.88. The number of rotatable bonds is 4. The maximum Gasteiger partial charge on any atom is 0.274 e. The van der Waals surface area contributed by atoms with Crippen LogP contribution < -0.4 is 19.3 Å². The summed E-state index contributed by atoms with van der Waals surface area (Å²) in [5.41, 5.74) is 2.31. The van der Waals surface area contributed by atoms with Crippen molar-refractivity contribution in [2.24, 2.45) is 4.99 Å². The molecule has 1 saturated heterocycles. The van der Waals surface area contributed by atoms with Crippen LogP contribution in [0.1, 0.15) is 0 Å². The Hall–Kier alpha value is -3.56.